The molecule has 3 rings (SSSR count). The maximum atomic E-state index is 12.8. The van der Waals surface area contributed by atoms with Gasteiger partial charge in [-0.1, -0.05) is 13.0 Å². The van der Waals surface area contributed by atoms with Gasteiger partial charge in [-0.3, -0.25) is 9.69 Å². The van der Waals surface area contributed by atoms with Crippen molar-refractivity contribution in [2.24, 2.45) is 0 Å². The van der Waals surface area contributed by atoms with E-state index < -0.39 is 23.8 Å². The number of nitrogens with zero attached hydrogens (tertiary/aromatic N) is 1. The molecule has 1 saturated heterocycles. The average Bonchev–Trinajstić information content (AvgIpc) is 2.87. The molecule has 2 aliphatic rings. The zero-order chi connectivity index (χ0) is 17.5. The summed E-state index contributed by atoms with van der Waals surface area (Å²) in [7, 11) is 0. The molecule has 2 aliphatic heterocycles. The lowest BCUT2D eigenvalue weighted by Gasteiger charge is -2.40. The number of carbonyl (C=O) groups is 1. The van der Waals surface area contributed by atoms with Crippen molar-refractivity contribution in [2.45, 2.75) is 43.8 Å². The minimum absolute atomic E-state index is 0.299. The van der Waals surface area contributed by atoms with E-state index in [0.717, 1.165) is 17.7 Å². The van der Waals surface area contributed by atoms with Crippen LogP contribution in [-0.4, -0.2) is 41.7 Å². The van der Waals surface area contributed by atoms with Crippen LogP contribution in [0.1, 0.15) is 37.3 Å². The summed E-state index contributed by atoms with van der Waals surface area (Å²) in [5.74, 6) is -0.519. The van der Waals surface area contributed by atoms with Gasteiger partial charge in [0.25, 0.3) is 0 Å². The molecule has 132 valence electrons. The first kappa shape index (κ1) is 17.1. The lowest BCUT2D eigenvalue weighted by atomic mass is 9.74. The van der Waals surface area contributed by atoms with Crippen LogP contribution in [0.25, 0.3) is 0 Å². The van der Waals surface area contributed by atoms with Gasteiger partial charge in [-0.15, -0.1) is 0 Å². The summed E-state index contributed by atoms with van der Waals surface area (Å²) in [6.07, 6.45) is -2.47. The van der Waals surface area contributed by atoms with E-state index in [-0.39, 0.29) is 5.41 Å². The monoisotopic (exact) mass is 343 g/mol. The molecule has 0 radical (unpaired) electrons. The number of ether oxygens (including phenoxy) is 1. The Balaban J connectivity index is 1.79. The number of halogens is 3. The van der Waals surface area contributed by atoms with E-state index in [2.05, 4.69) is 0 Å². The number of carboxylic acid groups (broad SMARTS) is 1. The van der Waals surface area contributed by atoms with Crippen LogP contribution in [0.2, 0.25) is 0 Å². The second-order valence-electron chi connectivity index (χ2n) is 6.58. The lowest BCUT2D eigenvalue weighted by Crippen LogP contribution is -2.50. The minimum Gasteiger partial charge on any atom is -0.492 e. The molecule has 1 fully saturated rings. The van der Waals surface area contributed by atoms with E-state index in [1.807, 2.05) is 11.8 Å². The second-order valence-corrected chi connectivity index (χ2v) is 6.58. The minimum atomic E-state index is -4.38. The van der Waals surface area contributed by atoms with E-state index in [9.17, 15) is 23.1 Å². The molecular weight excluding hydrogens is 323 g/mol. The Kier molecular flexibility index (Phi) is 4.23. The molecule has 0 aliphatic carbocycles. The summed E-state index contributed by atoms with van der Waals surface area (Å²) < 4.78 is 44.0. The van der Waals surface area contributed by atoms with Gasteiger partial charge in [-0.05, 0) is 44.5 Å². The number of aliphatic carboxylic acids is 1. The molecule has 0 bridgehead atoms. The van der Waals surface area contributed by atoms with Crippen molar-refractivity contribution in [3.05, 3.63) is 29.3 Å². The Hall–Kier alpha value is -1.76. The van der Waals surface area contributed by atoms with Gasteiger partial charge < -0.3 is 9.84 Å². The standard InChI is InChI=1S/C17H20F3NO3/c1-2-13(15(22)23)21-7-5-16(6-8-21)10-24-14-9-11(17(18,19)20)3-4-12(14)16/h3-4,9,13H,2,5-8,10H2,1H3,(H,22,23). The molecule has 7 heteroatoms. The fourth-order valence-electron chi connectivity index (χ4n) is 3.82. The molecule has 4 nitrogen and oxygen atoms in total. The number of alkyl halides is 3. The highest BCUT2D eigenvalue weighted by Crippen LogP contribution is 2.47. The Morgan fingerprint density at radius 2 is 2.04 bits per heavy atom. The van der Waals surface area contributed by atoms with Crippen LogP contribution in [-0.2, 0) is 16.4 Å². The fourth-order valence-corrected chi connectivity index (χ4v) is 3.82. The summed E-state index contributed by atoms with van der Waals surface area (Å²) in [5, 5.41) is 9.27. The molecule has 0 amide bonds. The molecule has 0 saturated carbocycles. The first-order valence-corrected chi connectivity index (χ1v) is 8.08. The third-order valence-corrected chi connectivity index (χ3v) is 5.25. The Labute approximate surface area is 138 Å². The van der Waals surface area contributed by atoms with Crippen molar-refractivity contribution in [1.82, 2.24) is 4.90 Å². The predicted molar refractivity (Wildman–Crippen MR) is 81.1 cm³/mol. The van der Waals surface area contributed by atoms with Crippen LogP contribution in [0.3, 0.4) is 0 Å². The third-order valence-electron chi connectivity index (χ3n) is 5.25. The Morgan fingerprint density at radius 3 is 2.58 bits per heavy atom. The van der Waals surface area contributed by atoms with Crippen molar-refractivity contribution in [2.75, 3.05) is 19.7 Å². The molecule has 2 heterocycles. The Morgan fingerprint density at radius 1 is 1.38 bits per heavy atom. The largest absolute Gasteiger partial charge is 0.492 e. The number of fused-ring (bicyclic) bond motifs is 2. The van der Waals surface area contributed by atoms with Gasteiger partial charge >= 0.3 is 12.1 Å². The van der Waals surface area contributed by atoms with Gasteiger partial charge in [0, 0.05) is 11.0 Å². The van der Waals surface area contributed by atoms with Gasteiger partial charge in [0.2, 0.25) is 0 Å². The average molecular weight is 343 g/mol. The topological polar surface area (TPSA) is 49.8 Å². The predicted octanol–water partition coefficient (Wildman–Crippen LogP) is 3.29. The number of piperidine rings is 1. The van der Waals surface area contributed by atoms with Gasteiger partial charge in [-0.2, -0.15) is 13.2 Å². The van der Waals surface area contributed by atoms with E-state index in [4.69, 9.17) is 4.74 Å². The van der Waals surface area contributed by atoms with Crippen LogP contribution >= 0.6 is 0 Å². The summed E-state index contributed by atoms with van der Waals surface area (Å²) in [6, 6.07) is 3.20. The summed E-state index contributed by atoms with van der Waals surface area (Å²) >= 11 is 0. The first-order chi connectivity index (χ1) is 11.3. The van der Waals surface area contributed by atoms with Crippen molar-refractivity contribution < 1.29 is 27.8 Å². The third kappa shape index (κ3) is 2.85. The van der Waals surface area contributed by atoms with Gasteiger partial charge in [-0.25, -0.2) is 0 Å². The molecule has 1 unspecified atom stereocenters. The molecule has 1 aromatic carbocycles. The zero-order valence-corrected chi connectivity index (χ0v) is 13.4. The van der Waals surface area contributed by atoms with Crippen LogP contribution in [0.4, 0.5) is 13.2 Å². The fraction of sp³-hybridized carbons (Fsp3) is 0.588. The van der Waals surface area contributed by atoms with E-state index in [1.165, 1.54) is 6.07 Å². The maximum absolute atomic E-state index is 12.8. The summed E-state index contributed by atoms with van der Waals surface area (Å²) in [6.45, 7) is 3.42. The van der Waals surface area contributed by atoms with Crippen LogP contribution < -0.4 is 4.74 Å². The number of hydrogen-bond acceptors (Lipinski definition) is 3. The number of carboxylic acids is 1. The molecule has 1 aromatic rings. The van der Waals surface area contributed by atoms with Gasteiger partial charge in [0.05, 0.1) is 12.2 Å². The highest BCUT2D eigenvalue weighted by Gasteiger charge is 2.45. The maximum Gasteiger partial charge on any atom is 0.416 e. The van der Waals surface area contributed by atoms with E-state index in [1.54, 1.807) is 0 Å². The molecule has 0 aromatic heterocycles. The molecular formula is C17H20F3NO3. The van der Waals surface area contributed by atoms with Gasteiger partial charge in [0.15, 0.2) is 0 Å². The summed E-state index contributed by atoms with van der Waals surface area (Å²) in [4.78, 5) is 13.2. The van der Waals surface area contributed by atoms with E-state index >= 15 is 0 Å². The van der Waals surface area contributed by atoms with Crippen LogP contribution in [0, 0.1) is 0 Å². The van der Waals surface area contributed by atoms with Crippen molar-refractivity contribution in [1.29, 1.82) is 0 Å². The molecule has 1 spiro atoms. The number of hydrogen-bond donors (Lipinski definition) is 1. The molecule has 1 atom stereocenters. The highest BCUT2D eigenvalue weighted by atomic mass is 19.4. The number of likely N-dealkylation sites (tertiary alicyclic amines) is 1. The zero-order valence-electron chi connectivity index (χ0n) is 13.4. The number of benzene rings is 1. The molecule has 24 heavy (non-hydrogen) atoms. The van der Waals surface area contributed by atoms with Crippen molar-refractivity contribution in [3.8, 4) is 5.75 Å². The summed E-state index contributed by atoms with van der Waals surface area (Å²) in [5.41, 5.74) is -0.182. The SMILES string of the molecule is CCC(C(=O)O)N1CCC2(CC1)COc1cc(C(F)(F)F)ccc12. The normalized spacial score (nSPS) is 21.3. The molecule has 1 N–H and O–H groups in total. The lowest BCUT2D eigenvalue weighted by molar-refractivity contribution is -0.144. The van der Waals surface area contributed by atoms with Crippen LogP contribution in [0.15, 0.2) is 18.2 Å². The van der Waals surface area contributed by atoms with E-state index in [0.29, 0.717) is 44.7 Å². The first-order valence-electron chi connectivity index (χ1n) is 8.08. The van der Waals surface area contributed by atoms with Crippen molar-refractivity contribution in [3.63, 3.8) is 0 Å². The van der Waals surface area contributed by atoms with Crippen LogP contribution in [0.5, 0.6) is 5.75 Å². The Bertz CT molecular complexity index is 636. The highest BCUT2D eigenvalue weighted by molar-refractivity contribution is 5.73. The second kappa shape index (κ2) is 5.95. The smallest absolute Gasteiger partial charge is 0.416 e. The quantitative estimate of drug-likeness (QED) is 0.915. The van der Waals surface area contributed by atoms with Crippen molar-refractivity contribution >= 4 is 5.97 Å². The van der Waals surface area contributed by atoms with Gasteiger partial charge in [0.1, 0.15) is 11.8 Å². The number of rotatable bonds is 3.